The van der Waals surface area contributed by atoms with Crippen molar-refractivity contribution in [2.45, 2.75) is 0 Å². The van der Waals surface area contributed by atoms with Crippen LogP contribution in [0.2, 0.25) is 0 Å². The van der Waals surface area contributed by atoms with E-state index in [2.05, 4.69) is 25.6 Å². The molecule has 28 heavy (non-hydrogen) atoms. The summed E-state index contributed by atoms with van der Waals surface area (Å²) in [5, 5.41) is 5.51. The van der Waals surface area contributed by atoms with Gasteiger partial charge in [-0.3, -0.25) is 19.6 Å². The predicted octanol–water partition coefficient (Wildman–Crippen LogP) is 3.53. The highest BCUT2D eigenvalue weighted by Gasteiger charge is 2.11. The molecule has 0 unspecified atom stereocenters. The summed E-state index contributed by atoms with van der Waals surface area (Å²) < 4.78 is 0. The Kier molecular flexibility index (Phi) is 4.71. The number of para-hydroxylation sites is 2. The molecule has 7 nitrogen and oxygen atoms in total. The molecule has 0 bridgehead atoms. The van der Waals surface area contributed by atoms with E-state index in [1.54, 1.807) is 54.9 Å². The third kappa shape index (κ3) is 3.83. The SMILES string of the molecule is O=C(Nc1cccnc1)c1ccc(NC(=O)c2cnc3ccccc3n2)cc1. The maximum Gasteiger partial charge on any atom is 0.275 e. The van der Waals surface area contributed by atoms with E-state index in [1.165, 1.54) is 6.20 Å². The molecule has 0 saturated heterocycles. The van der Waals surface area contributed by atoms with Crippen molar-refractivity contribution in [3.8, 4) is 0 Å². The van der Waals surface area contributed by atoms with E-state index in [1.807, 2.05) is 18.2 Å². The van der Waals surface area contributed by atoms with Gasteiger partial charge in [-0.1, -0.05) is 12.1 Å². The van der Waals surface area contributed by atoms with Crippen LogP contribution in [0.15, 0.2) is 79.3 Å². The lowest BCUT2D eigenvalue weighted by Crippen LogP contribution is -2.15. The first kappa shape index (κ1) is 17.3. The lowest BCUT2D eigenvalue weighted by atomic mass is 10.2. The summed E-state index contributed by atoms with van der Waals surface area (Å²) >= 11 is 0. The van der Waals surface area contributed by atoms with Gasteiger partial charge >= 0.3 is 0 Å². The average molecular weight is 369 g/mol. The molecule has 2 heterocycles. The van der Waals surface area contributed by atoms with Gasteiger partial charge in [0.2, 0.25) is 0 Å². The van der Waals surface area contributed by atoms with E-state index in [-0.39, 0.29) is 17.5 Å². The Morgan fingerprint density at radius 3 is 2.21 bits per heavy atom. The van der Waals surface area contributed by atoms with Crippen LogP contribution in [0.5, 0.6) is 0 Å². The Hall–Kier alpha value is -4.13. The number of hydrogen-bond donors (Lipinski definition) is 2. The van der Waals surface area contributed by atoms with Crippen molar-refractivity contribution in [1.29, 1.82) is 0 Å². The largest absolute Gasteiger partial charge is 0.321 e. The maximum atomic E-state index is 12.4. The number of amides is 2. The normalized spacial score (nSPS) is 10.4. The van der Waals surface area contributed by atoms with Crippen molar-refractivity contribution < 1.29 is 9.59 Å². The highest BCUT2D eigenvalue weighted by molar-refractivity contribution is 6.06. The van der Waals surface area contributed by atoms with E-state index in [0.717, 1.165) is 5.52 Å². The minimum atomic E-state index is -0.370. The van der Waals surface area contributed by atoms with Crippen LogP contribution in [0.25, 0.3) is 11.0 Å². The van der Waals surface area contributed by atoms with Crippen molar-refractivity contribution in [2.75, 3.05) is 10.6 Å². The zero-order chi connectivity index (χ0) is 19.3. The number of nitrogens with zero attached hydrogens (tertiary/aromatic N) is 3. The van der Waals surface area contributed by atoms with Crippen LogP contribution < -0.4 is 10.6 Å². The molecule has 4 aromatic rings. The number of aromatic nitrogens is 3. The summed E-state index contributed by atoms with van der Waals surface area (Å²) in [6, 6.07) is 17.4. The molecular formula is C21H15N5O2. The fraction of sp³-hybridized carbons (Fsp3) is 0. The molecule has 2 aromatic carbocycles. The molecule has 0 atom stereocenters. The lowest BCUT2D eigenvalue weighted by molar-refractivity contribution is 0.101. The Bertz CT molecular complexity index is 1140. The minimum absolute atomic E-state index is 0.220. The lowest BCUT2D eigenvalue weighted by Gasteiger charge is -2.07. The molecule has 7 heteroatoms. The van der Waals surface area contributed by atoms with Crippen molar-refractivity contribution in [3.05, 3.63) is 90.5 Å². The summed E-state index contributed by atoms with van der Waals surface area (Å²) in [6.45, 7) is 0. The average Bonchev–Trinajstić information content (AvgIpc) is 2.74. The molecule has 0 aliphatic heterocycles. The first-order valence-electron chi connectivity index (χ1n) is 8.54. The standard InChI is InChI=1S/C21H15N5O2/c27-20(25-16-4-3-11-22-12-16)14-7-9-15(10-8-14)24-21(28)19-13-23-17-5-1-2-6-18(17)26-19/h1-13H,(H,24,28)(H,25,27). The number of rotatable bonds is 4. The van der Waals surface area contributed by atoms with E-state index < -0.39 is 0 Å². The monoisotopic (exact) mass is 369 g/mol. The van der Waals surface area contributed by atoms with Gasteiger partial charge in [-0.15, -0.1) is 0 Å². The van der Waals surface area contributed by atoms with Gasteiger partial charge < -0.3 is 10.6 Å². The zero-order valence-corrected chi connectivity index (χ0v) is 14.7. The Labute approximate surface area is 160 Å². The van der Waals surface area contributed by atoms with E-state index in [9.17, 15) is 9.59 Å². The number of pyridine rings is 1. The molecule has 136 valence electrons. The molecule has 0 aliphatic carbocycles. The maximum absolute atomic E-state index is 12.4. The fourth-order valence-electron chi connectivity index (χ4n) is 2.61. The van der Waals surface area contributed by atoms with Gasteiger partial charge in [0.15, 0.2) is 0 Å². The first-order valence-corrected chi connectivity index (χ1v) is 8.54. The summed E-state index contributed by atoms with van der Waals surface area (Å²) in [4.78, 5) is 37.2. The second-order valence-electron chi connectivity index (χ2n) is 5.97. The van der Waals surface area contributed by atoms with Crippen LogP contribution in [0.4, 0.5) is 11.4 Å². The molecule has 0 spiro atoms. The highest BCUT2D eigenvalue weighted by atomic mass is 16.2. The molecule has 2 amide bonds. The number of nitrogens with one attached hydrogen (secondary N) is 2. The van der Waals surface area contributed by atoms with Crippen LogP contribution in [0, 0.1) is 0 Å². The van der Waals surface area contributed by atoms with Crippen molar-refractivity contribution in [1.82, 2.24) is 15.0 Å². The minimum Gasteiger partial charge on any atom is -0.321 e. The van der Waals surface area contributed by atoms with Crippen molar-refractivity contribution in [3.63, 3.8) is 0 Å². The van der Waals surface area contributed by atoms with Gasteiger partial charge in [0.25, 0.3) is 11.8 Å². The molecule has 0 aliphatic rings. The summed E-state index contributed by atoms with van der Waals surface area (Å²) in [5.41, 5.74) is 3.22. The number of anilines is 2. The van der Waals surface area contributed by atoms with Crippen LogP contribution in [-0.2, 0) is 0 Å². The van der Waals surface area contributed by atoms with Gasteiger partial charge in [-0.05, 0) is 48.5 Å². The van der Waals surface area contributed by atoms with Crippen LogP contribution in [0.1, 0.15) is 20.8 Å². The fourth-order valence-corrected chi connectivity index (χ4v) is 2.61. The highest BCUT2D eigenvalue weighted by Crippen LogP contribution is 2.14. The second-order valence-corrected chi connectivity index (χ2v) is 5.97. The van der Waals surface area contributed by atoms with E-state index in [4.69, 9.17) is 0 Å². The third-order valence-corrected chi connectivity index (χ3v) is 4.01. The van der Waals surface area contributed by atoms with Gasteiger partial charge in [-0.2, -0.15) is 0 Å². The molecule has 0 fully saturated rings. The number of benzene rings is 2. The quantitative estimate of drug-likeness (QED) is 0.574. The molecule has 0 saturated carbocycles. The molecule has 2 N–H and O–H groups in total. The first-order chi connectivity index (χ1) is 13.7. The van der Waals surface area contributed by atoms with Crippen LogP contribution >= 0.6 is 0 Å². The Morgan fingerprint density at radius 1 is 0.714 bits per heavy atom. The number of hydrogen-bond acceptors (Lipinski definition) is 5. The Balaban J connectivity index is 1.44. The van der Waals surface area contributed by atoms with E-state index in [0.29, 0.717) is 22.5 Å². The summed E-state index contributed by atoms with van der Waals surface area (Å²) in [5.74, 6) is -0.628. The van der Waals surface area contributed by atoms with Crippen LogP contribution in [-0.4, -0.2) is 26.8 Å². The number of carbonyl (C=O) groups excluding carboxylic acids is 2. The summed E-state index contributed by atoms with van der Waals surface area (Å²) in [6.07, 6.45) is 4.64. The number of carbonyl (C=O) groups is 2. The predicted molar refractivity (Wildman–Crippen MR) is 106 cm³/mol. The Morgan fingerprint density at radius 2 is 1.46 bits per heavy atom. The smallest absolute Gasteiger partial charge is 0.275 e. The van der Waals surface area contributed by atoms with E-state index >= 15 is 0 Å². The topological polar surface area (TPSA) is 96.9 Å². The van der Waals surface area contributed by atoms with Gasteiger partial charge in [0, 0.05) is 17.4 Å². The zero-order valence-electron chi connectivity index (χ0n) is 14.7. The molecular weight excluding hydrogens is 354 g/mol. The summed E-state index contributed by atoms with van der Waals surface area (Å²) in [7, 11) is 0. The molecule has 4 rings (SSSR count). The van der Waals surface area contributed by atoms with Crippen LogP contribution in [0.3, 0.4) is 0 Å². The number of fused-ring (bicyclic) bond motifs is 1. The third-order valence-electron chi connectivity index (χ3n) is 4.01. The van der Waals surface area contributed by atoms with Crippen molar-refractivity contribution >= 4 is 34.2 Å². The van der Waals surface area contributed by atoms with Crippen molar-refractivity contribution in [2.24, 2.45) is 0 Å². The van der Waals surface area contributed by atoms with Gasteiger partial charge in [-0.25, -0.2) is 4.98 Å². The van der Waals surface area contributed by atoms with Gasteiger partial charge in [0.05, 0.1) is 29.1 Å². The van der Waals surface area contributed by atoms with Gasteiger partial charge in [0.1, 0.15) is 5.69 Å². The molecule has 0 radical (unpaired) electrons. The molecule has 2 aromatic heterocycles. The second kappa shape index (κ2) is 7.63.